The first kappa shape index (κ1) is 16.2. The summed E-state index contributed by atoms with van der Waals surface area (Å²) in [5, 5.41) is 5.47. The molecule has 1 aliphatic carbocycles. The van der Waals surface area contributed by atoms with Crippen molar-refractivity contribution in [2.45, 2.75) is 19.4 Å². The lowest BCUT2D eigenvalue weighted by Gasteiger charge is -2.14. The zero-order chi connectivity index (χ0) is 17.1. The number of anilines is 1. The van der Waals surface area contributed by atoms with E-state index in [1.165, 1.54) is 12.1 Å². The van der Waals surface area contributed by atoms with E-state index in [4.69, 9.17) is 0 Å². The molecular formula is C19H19FN2O2. The van der Waals surface area contributed by atoms with Gasteiger partial charge < -0.3 is 10.6 Å². The normalized spacial score (nSPS) is 20.1. The van der Waals surface area contributed by atoms with Crippen LogP contribution in [0.4, 0.5) is 10.1 Å². The van der Waals surface area contributed by atoms with Crippen molar-refractivity contribution in [1.82, 2.24) is 5.32 Å². The minimum atomic E-state index is -0.481. The molecule has 3 rings (SSSR count). The molecule has 0 spiro atoms. The predicted octanol–water partition coefficient (Wildman–Crippen LogP) is 3.28. The Labute approximate surface area is 140 Å². The molecule has 2 N–H and O–H groups in total. The third-order valence-electron chi connectivity index (χ3n) is 4.25. The molecule has 1 saturated carbocycles. The standard InChI is InChI=1S/C19H19FN2O2/c1-12(13-7-3-2-4-8-13)21-18(23)14-11-15(14)19(24)22-17-10-6-5-9-16(17)20/h2-10,12,14-15H,11H2,1H3,(H,21,23)(H,22,24). The lowest BCUT2D eigenvalue weighted by molar-refractivity contribution is -0.125. The van der Waals surface area contributed by atoms with Gasteiger partial charge in [0.25, 0.3) is 0 Å². The fourth-order valence-electron chi connectivity index (χ4n) is 2.71. The summed E-state index contributed by atoms with van der Waals surface area (Å²) >= 11 is 0. The molecule has 0 radical (unpaired) electrons. The van der Waals surface area contributed by atoms with Crippen LogP contribution in [-0.4, -0.2) is 11.8 Å². The monoisotopic (exact) mass is 326 g/mol. The number of benzene rings is 2. The molecule has 124 valence electrons. The van der Waals surface area contributed by atoms with Crippen LogP contribution in [0.15, 0.2) is 54.6 Å². The molecule has 24 heavy (non-hydrogen) atoms. The Balaban J connectivity index is 1.54. The van der Waals surface area contributed by atoms with Crippen LogP contribution >= 0.6 is 0 Å². The summed E-state index contributed by atoms with van der Waals surface area (Å²) in [6.45, 7) is 1.91. The van der Waals surface area contributed by atoms with E-state index in [0.717, 1.165) is 5.56 Å². The first-order valence-corrected chi connectivity index (χ1v) is 7.97. The number of hydrogen-bond donors (Lipinski definition) is 2. The number of rotatable bonds is 5. The van der Waals surface area contributed by atoms with Crippen LogP contribution in [0.25, 0.3) is 0 Å². The fraction of sp³-hybridized carbons (Fsp3) is 0.263. The highest BCUT2D eigenvalue weighted by molar-refractivity contribution is 5.99. The molecule has 4 nitrogen and oxygen atoms in total. The maximum Gasteiger partial charge on any atom is 0.228 e. The molecule has 0 bridgehead atoms. The van der Waals surface area contributed by atoms with E-state index in [-0.39, 0.29) is 29.5 Å². The second-order valence-electron chi connectivity index (χ2n) is 6.06. The molecule has 0 aromatic heterocycles. The quantitative estimate of drug-likeness (QED) is 0.886. The molecule has 3 unspecified atom stereocenters. The molecular weight excluding hydrogens is 307 g/mol. The fourth-order valence-corrected chi connectivity index (χ4v) is 2.71. The average Bonchev–Trinajstić information content (AvgIpc) is 3.38. The van der Waals surface area contributed by atoms with Crippen molar-refractivity contribution in [2.75, 3.05) is 5.32 Å². The van der Waals surface area contributed by atoms with E-state index < -0.39 is 11.7 Å². The van der Waals surface area contributed by atoms with Crippen molar-refractivity contribution in [2.24, 2.45) is 11.8 Å². The van der Waals surface area contributed by atoms with Crippen molar-refractivity contribution in [3.8, 4) is 0 Å². The van der Waals surface area contributed by atoms with Crippen LogP contribution in [-0.2, 0) is 9.59 Å². The molecule has 2 aromatic carbocycles. The predicted molar refractivity (Wildman–Crippen MR) is 89.6 cm³/mol. The number of nitrogens with one attached hydrogen (secondary N) is 2. The summed E-state index contributed by atoms with van der Waals surface area (Å²) in [5.74, 6) is -1.67. The lowest BCUT2D eigenvalue weighted by atomic mass is 10.1. The van der Waals surface area contributed by atoms with Gasteiger partial charge in [-0.2, -0.15) is 0 Å². The van der Waals surface area contributed by atoms with Gasteiger partial charge in [0, 0.05) is 0 Å². The van der Waals surface area contributed by atoms with Crippen LogP contribution in [0.3, 0.4) is 0 Å². The first-order valence-electron chi connectivity index (χ1n) is 7.97. The Morgan fingerprint density at radius 1 is 1.00 bits per heavy atom. The first-order chi connectivity index (χ1) is 11.6. The van der Waals surface area contributed by atoms with Crippen LogP contribution in [0, 0.1) is 17.7 Å². The lowest BCUT2D eigenvalue weighted by Crippen LogP contribution is -2.29. The highest BCUT2D eigenvalue weighted by atomic mass is 19.1. The van der Waals surface area contributed by atoms with Crippen molar-refractivity contribution < 1.29 is 14.0 Å². The minimum absolute atomic E-state index is 0.116. The summed E-state index contributed by atoms with van der Waals surface area (Å²) in [5.41, 5.74) is 1.16. The molecule has 3 atom stereocenters. The van der Waals surface area contributed by atoms with Crippen LogP contribution in [0.1, 0.15) is 24.9 Å². The molecule has 2 aromatic rings. The van der Waals surface area contributed by atoms with Gasteiger partial charge in [0.05, 0.1) is 23.6 Å². The molecule has 0 aliphatic heterocycles. The van der Waals surface area contributed by atoms with Crippen molar-refractivity contribution >= 4 is 17.5 Å². The summed E-state index contributed by atoms with van der Waals surface area (Å²) in [6, 6.07) is 15.5. The molecule has 0 heterocycles. The van der Waals surface area contributed by atoms with Gasteiger partial charge in [-0.1, -0.05) is 42.5 Å². The summed E-state index contributed by atoms with van der Waals surface area (Å²) in [4.78, 5) is 24.4. The molecule has 2 amide bonds. The van der Waals surface area contributed by atoms with Gasteiger partial charge in [-0.05, 0) is 31.0 Å². The van der Waals surface area contributed by atoms with Gasteiger partial charge in [0.1, 0.15) is 5.82 Å². The number of para-hydroxylation sites is 1. The zero-order valence-electron chi connectivity index (χ0n) is 13.3. The largest absolute Gasteiger partial charge is 0.349 e. The van der Waals surface area contributed by atoms with E-state index in [9.17, 15) is 14.0 Å². The van der Waals surface area contributed by atoms with E-state index in [1.807, 2.05) is 37.3 Å². The summed E-state index contributed by atoms with van der Waals surface area (Å²) in [6.07, 6.45) is 0.494. The maximum atomic E-state index is 13.6. The molecule has 0 saturated heterocycles. The highest BCUT2D eigenvalue weighted by Crippen LogP contribution is 2.40. The van der Waals surface area contributed by atoms with Gasteiger partial charge in [0.15, 0.2) is 0 Å². The Morgan fingerprint density at radius 2 is 1.62 bits per heavy atom. The number of carbonyl (C=O) groups is 2. The average molecular weight is 326 g/mol. The minimum Gasteiger partial charge on any atom is -0.349 e. The van der Waals surface area contributed by atoms with Crippen molar-refractivity contribution in [1.29, 1.82) is 0 Å². The van der Waals surface area contributed by atoms with Gasteiger partial charge in [0.2, 0.25) is 11.8 Å². The smallest absolute Gasteiger partial charge is 0.228 e. The SMILES string of the molecule is CC(NC(=O)C1CC1C(=O)Nc1ccccc1F)c1ccccc1. The second-order valence-corrected chi connectivity index (χ2v) is 6.06. The Bertz CT molecular complexity index is 748. The zero-order valence-corrected chi connectivity index (χ0v) is 13.3. The third kappa shape index (κ3) is 3.62. The van der Waals surface area contributed by atoms with Crippen LogP contribution < -0.4 is 10.6 Å². The highest BCUT2D eigenvalue weighted by Gasteiger charge is 2.48. The van der Waals surface area contributed by atoms with Crippen LogP contribution in [0.5, 0.6) is 0 Å². The van der Waals surface area contributed by atoms with Gasteiger partial charge in [-0.15, -0.1) is 0 Å². The Kier molecular flexibility index (Phi) is 4.60. The topological polar surface area (TPSA) is 58.2 Å². The Hall–Kier alpha value is -2.69. The number of hydrogen-bond acceptors (Lipinski definition) is 2. The van der Waals surface area contributed by atoms with E-state index in [0.29, 0.717) is 6.42 Å². The number of halogens is 1. The molecule has 1 aliphatic rings. The maximum absolute atomic E-state index is 13.6. The summed E-state index contributed by atoms with van der Waals surface area (Å²) < 4.78 is 13.6. The van der Waals surface area contributed by atoms with Gasteiger partial charge >= 0.3 is 0 Å². The molecule has 5 heteroatoms. The number of amides is 2. The van der Waals surface area contributed by atoms with E-state index in [2.05, 4.69) is 10.6 Å². The Morgan fingerprint density at radius 3 is 2.33 bits per heavy atom. The van der Waals surface area contributed by atoms with E-state index in [1.54, 1.807) is 12.1 Å². The summed E-state index contributed by atoms with van der Waals surface area (Å²) in [7, 11) is 0. The number of carbonyl (C=O) groups excluding carboxylic acids is 2. The van der Waals surface area contributed by atoms with E-state index >= 15 is 0 Å². The van der Waals surface area contributed by atoms with Crippen LogP contribution in [0.2, 0.25) is 0 Å². The van der Waals surface area contributed by atoms with Gasteiger partial charge in [-0.25, -0.2) is 4.39 Å². The van der Waals surface area contributed by atoms with Gasteiger partial charge in [-0.3, -0.25) is 9.59 Å². The third-order valence-corrected chi connectivity index (χ3v) is 4.25. The van der Waals surface area contributed by atoms with Crippen molar-refractivity contribution in [3.63, 3.8) is 0 Å². The van der Waals surface area contributed by atoms with Crippen molar-refractivity contribution in [3.05, 3.63) is 66.0 Å². The second kappa shape index (κ2) is 6.83. The molecule has 1 fully saturated rings.